The average Bonchev–Trinajstić information content (AvgIpc) is 3.19. The number of benzene rings is 1. The Morgan fingerprint density at radius 2 is 1.85 bits per heavy atom. The van der Waals surface area contributed by atoms with Crippen LogP contribution in [0.25, 0.3) is 0 Å². The molecule has 0 amide bonds. The van der Waals surface area contributed by atoms with E-state index in [1.165, 1.54) is 22.3 Å². The predicted octanol–water partition coefficient (Wildman–Crippen LogP) is 3.49. The monoisotopic (exact) mass is 276 g/mol. The molecule has 0 radical (unpaired) electrons. The molecule has 0 spiro atoms. The standard InChI is InChI=1S/C17H24O3/c1-10-11(2)16-14(6-7-17(4,5)20-16)12(3)15(10)19-9-13-8-18-13/h13H,6-9H2,1-5H3. The van der Waals surface area contributed by atoms with Crippen LogP contribution in [0.3, 0.4) is 0 Å². The Labute approximate surface area is 121 Å². The van der Waals surface area contributed by atoms with Gasteiger partial charge in [0.15, 0.2) is 0 Å². The van der Waals surface area contributed by atoms with Crippen molar-refractivity contribution in [2.45, 2.75) is 59.2 Å². The van der Waals surface area contributed by atoms with Gasteiger partial charge in [0.25, 0.3) is 0 Å². The second-order valence-corrected chi connectivity index (χ2v) is 6.64. The van der Waals surface area contributed by atoms with Gasteiger partial charge >= 0.3 is 0 Å². The minimum absolute atomic E-state index is 0.0686. The van der Waals surface area contributed by atoms with Gasteiger partial charge in [-0.1, -0.05) is 0 Å². The molecule has 3 heteroatoms. The van der Waals surface area contributed by atoms with Gasteiger partial charge < -0.3 is 14.2 Å². The maximum Gasteiger partial charge on any atom is 0.127 e. The molecule has 1 unspecified atom stereocenters. The summed E-state index contributed by atoms with van der Waals surface area (Å²) >= 11 is 0. The van der Waals surface area contributed by atoms with E-state index in [1.54, 1.807) is 0 Å². The maximum atomic E-state index is 6.22. The molecule has 0 saturated carbocycles. The van der Waals surface area contributed by atoms with Crippen LogP contribution in [0.15, 0.2) is 0 Å². The topological polar surface area (TPSA) is 31.0 Å². The van der Waals surface area contributed by atoms with E-state index in [0.717, 1.165) is 30.9 Å². The summed E-state index contributed by atoms with van der Waals surface area (Å²) in [6.45, 7) is 12.2. The Morgan fingerprint density at radius 3 is 2.50 bits per heavy atom. The molecule has 0 aliphatic carbocycles. The first-order valence-electron chi connectivity index (χ1n) is 7.45. The molecule has 2 aliphatic rings. The van der Waals surface area contributed by atoms with Crippen LogP contribution in [0.1, 0.15) is 42.5 Å². The van der Waals surface area contributed by atoms with Gasteiger partial charge in [0.2, 0.25) is 0 Å². The van der Waals surface area contributed by atoms with E-state index in [2.05, 4.69) is 34.6 Å². The van der Waals surface area contributed by atoms with Crippen molar-refractivity contribution in [3.63, 3.8) is 0 Å². The second-order valence-electron chi connectivity index (χ2n) is 6.64. The third-order valence-electron chi connectivity index (χ3n) is 4.48. The summed E-state index contributed by atoms with van der Waals surface area (Å²) in [7, 11) is 0. The Morgan fingerprint density at radius 1 is 1.15 bits per heavy atom. The highest BCUT2D eigenvalue weighted by Gasteiger charge is 2.31. The Balaban J connectivity index is 1.99. The number of hydrogen-bond acceptors (Lipinski definition) is 3. The van der Waals surface area contributed by atoms with Crippen molar-refractivity contribution >= 4 is 0 Å². The van der Waals surface area contributed by atoms with Crippen molar-refractivity contribution < 1.29 is 14.2 Å². The molecule has 2 heterocycles. The molecule has 1 fully saturated rings. The lowest BCUT2D eigenvalue weighted by Gasteiger charge is -2.35. The van der Waals surface area contributed by atoms with Crippen LogP contribution in [0.4, 0.5) is 0 Å². The van der Waals surface area contributed by atoms with E-state index < -0.39 is 0 Å². The molecule has 3 nitrogen and oxygen atoms in total. The van der Waals surface area contributed by atoms with E-state index in [1.807, 2.05) is 0 Å². The second kappa shape index (κ2) is 4.66. The summed E-state index contributed by atoms with van der Waals surface area (Å²) in [6, 6.07) is 0. The zero-order chi connectivity index (χ0) is 14.5. The number of ether oxygens (including phenoxy) is 3. The first-order chi connectivity index (χ1) is 9.39. The van der Waals surface area contributed by atoms with Gasteiger partial charge in [0.1, 0.15) is 29.8 Å². The zero-order valence-electron chi connectivity index (χ0n) is 13.1. The number of hydrogen-bond donors (Lipinski definition) is 0. The Kier molecular flexibility index (Phi) is 3.20. The number of rotatable bonds is 3. The molecular weight excluding hydrogens is 252 g/mol. The molecule has 20 heavy (non-hydrogen) atoms. The first-order valence-corrected chi connectivity index (χ1v) is 7.45. The largest absolute Gasteiger partial charge is 0.490 e. The lowest BCUT2D eigenvalue weighted by Crippen LogP contribution is -2.33. The lowest BCUT2D eigenvalue weighted by molar-refractivity contribution is 0.0830. The van der Waals surface area contributed by atoms with Crippen LogP contribution in [0, 0.1) is 20.8 Å². The molecule has 1 atom stereocenters. The quantitative estimate of drug-likeness (QED) is 0.792. The predicted molar refractivity (Wildman–Crippen MR) is 78.9 cm³/mol. The molecule has 2 aliphatic heterocycles. The smallest absolute Gasteiger partial charge is 0.127 e. The molecular formula is C17H24O3. The number of epoxide rings is 1. The third-order valence-corrected chi connectivity index (χ3v) is 4.48. The van der Waals surface area contributed by atoms with Crippen LogP contribution in [-0.2, 0) is 11.2 Å². The van der Waals surface area contributed by atoms with Crippen molar-refractivity contribution in [3.05, 3.63) is 22.3 Å². The van der Waals surface area contributed by atoms with Crippen molar-refractivity contribution in [1.82, 2.24) is 0 Å². The third kappa shape index (κ3) is 2.39. The highest BCUT2D eigenvalue weighted by molar-refractivity contribution is 5.59. The molecule has 1 saturated heterocycles. The van der Waals surface area contributed by atoms with E-state index in [4.69, 9.17) is 14.2 Å². The molecule has 0 bridgehead atoms. The summed E-state index contributed by atoms with van der Waals surface area (Å²) in [4.78, 5) is 0. The molecule has 3 rings (SSSR count). The molecule has 0 N–H and O–H groups in total. The van der Waals surface area contributed by atoms with Crippen LogP contribution >= 0.6 is 0 Å². The lowest BCUT2D eigenvalue weighted by atomic mass is 9.88. The normalized spacial score (nSPS) is 22.9. The van der Waals surface area contributed by atoms with Crippen LogP contribution in [-0.4, -0.2) is 24.9 Å². The van der Waals surface area contributed by atoms with Crippen molar-refractivity contribution in [3.8, 4) is 11.5 Å². The summed E-state index contributed by atoms with van der Waals surface area (Å²) in [5.41, 5.74) is 4.89. The van der Waals surface area contributed by atoms with E-state index in [9.17, 15) is 0 Å². The fourth-order valence-electron chi connectivity index (χ4n) is 2.91. The van der Waals surface area contributed by atoms with Gasteiger partial charge in [-0.3, -0.25) is 0 Å². The van der Waals surface area contributed by atoms with Gasteiger partial charge in [0.05, 0.1) is 6.61 Å². The van der Waals surface area contributed by atoms with Gasteiger partial charge in [-0.15, -0.1) is 0 Å². The SMILES string of the molecule is Cc1c(C)c2c(c(C)c1OCC1CO1)CCC(C)(C)O2. The molecule has 0 aromatic heterocycles. The van der Waals surface area contributed by atoms with E-state index in [-0.39, 0.29) is 5.60 Å². The van der Waals surface area contributed by atoms with Crippen molar-refractivity contribution in [2.24, 2.45) is 0 Å². The van der Waals surface area contributed by atoms with E-state index in [0.29, 0.717) is 12.7 Å². The highest BCUT2D eigenvalue weighted by atomic mass is 16.6. The van der Waals surface area contributed by atoms with Crippen molar-refractivity contribution in [1.29, 1.82) is 0 Å². The van der Waals surface area contributed by atoms with Gasteiger partial charge in [0, 0.05) is 5.56 Å². The first kappa shape index (κ1) is 13.7. The molecule has 1 aromatic rings. The highest BCUT2D eigenvalue weighted by Crippen LogP contribution is 2.43. The minimum atomic E-state index is -0.0686. The molecule has 1 aromatic carbocycles. The molecule has 110 valence electrons. The van der Waals surface area contributed by atoms with Gasteiger partial charge in [-0.25, -0.2) is 0 Å². The minimum Gasteiger partial charge on any atom is -0.490 e. The van der Waals surface area contributed by atoms with Gasteiger partial charge in [-0.05, 0) is 64.2 Å². The fraction of sp³-hybridized carbons (Fsp3) is 0.647. The Bertz CT molecular complexity index is 542. The van der Waals surface area contributed by atoms with Crippen LogP contribution in [0.5, 0.6) is 11.5 Å². The summed E-state index contributed by atoms with van der Waals surface area (Å²) in [5, 5.41) is 0. The van der Waals surface area contributed by atoms with Crippen molar-refractivity contribution in [2.75, 3.05) is 13.2 Å². The van der Waals surface area contributed by atoms with Crippen LogP contribution in [0.2, 0.25) is 0 Å². The maximum absolute atomic E-state index is 6.22. The number of fused-ring (bicyclic) bond motifs is 1. The van der Waals surface area contributed by atoms with E-state index >= 15 is 0 Å². The summed E-state index contributed by atoms with van der Waals surface area (Å²) in [6.07, 6.45) is 2.40. The zero-order valence-corrected chi connectivity index (χ0v) is 13.1. The summed E-state index contributed by atoms with van der Waals surface area (Å²) in [5.74, 6) is 2.10. The fourth-order valence-corrected chi connectivity index (χ4v) is 2.91. The van der Waals surface area contributed by atoms with Crippen LogP contribution < -0.4 is 9.47 Å². The Hall–Kier alpha value is -1.22. The average molecular weight is 276 g/mol. The summed E-state index contributed by atoms with van der Waals surface area (Å²) < 4.78 is 17.5. The van der Waals surface area contributed by atoms with Gasteiger partial charge in [-0.2, -0.15) is 0 Å².